The van der Waals surface area contributed by atoms with E-state index >= 15 is 0 Å². The van der Waals surface area contributed by atoms with Crippen molar-refractivity contribution >= 4 is 21.4 Å². The maximum absolute atomic E-state index is 12.8. The van der Waals surface area contributed by atoms with Crippen LogP contribution in [0.4, 0.5) is 11.4 Å². The van der Waals surface area contributed by atoms with Crippen molar-refractivity contribution in [1.82, 2.24) is 4.31 Å². The minimum Gasteiger partial charge on any atom is -0.396 e. The molecule has 2 aliphatic rings. The lowest BCUT2D eigenvalue weighted by molar-refractivity contribution is -0.384. The minimum atomic E-state index is -3.71. The van der Waals surface area contributed by atoms with Crippen LogP contribution in [-0.2, 0) is 10.0 Å². The highest BCUT2D eigenvalue weighted by Crippen LogP contribution is 2.34. The third-order valence-corrected chi connectivity index (χ3v) is 7.11. The molecule has 3 rings (SSSR count). The number of sulfonamides is 1. The molecule has 0 saturated carbocycles. The fourth-order valence-electron chi connectivity index (χ4n) is 3.76. The molecule has 1 aromatic carbocycles. The van der Waals surface area contributed by atoms with Crippen molar-refractivity contribution in [2.24, 2.45) is 5.92 Å². The molecule has 2 saturated heterocycles. The first kappa shape index (κ1) is 19.1. The van der Waals surface area contributed by atoms with Crippen LogP contribution in [0.15, 0.2) is 23.1 Å². The monoisotopic (exact) mass is 383 g/mol. The second-order valence-corrected chi connectivity index (χ2v) is 8.95. The normalized spacial score (nSPS) is 22.3. The zero-order valence-corrected chi connectivity index (χ0v) is 15.5. The Kier molecular flexibility index (Phi) is 5.79. The molecule has 1 unspecified atom stereocenters. The van der Waals surface area contributed by atoms with Gasteiger partial charge in [0.1, 0.15) is 5.69 Å². The summed E-state index contributed by atoms with van der Waals surface area (Å²) in [4.78, 5) is 12.9. The van der Waals surface area contributed by atoms with E-state index in [1.165, 1.54) is 22.5 Å². The fraction of sp³-hybridized carbons (Fsp3) is 0.647. The Bertz CT molecular complexity index is 762. The highest BCUT2D eigenvalue weighted by atomic mass is 32.2. The van der Waals surface area contributed by atoms with Crippen LogP contribution in [0.2, 0.25) is 0 Å². The number of rotatable bonds is 5. The Morgan fingerprint density at radius 2 is 1.88 bits per heavy atom. The quantitative estimate of drug-likeness (QED) is 0.616. The van der Waals surface area contributed by atoms with E-state index in [2.05, 4.69) is 0 Å². The molecule has 0 radical (unpaired) electrons. The second-order valence-electron chi connectivity index (χ2n) is 7.01. The third kappa shape index (κ3) is 3.84. The molecule has 9 heteroatoms. The molecule has 1 atom stereocenters. The number of nitro groups is 1. The summed E-state index contributed by atoms with van der Waals surface area (Å²) in [5, 5.41) is 21.0. The number of anilines is 1. The minimum absolute atomic E-state index is 0.0226. The Morgan fingerprint density at radius 1 is 1.15 bits per heavy atom. The average molecular weight is 383 g/mol. The zero-order valence-electron chi connectivity index (χ0n) is 14.7. The van der Waals surface area contributed by atoms with Crippen molar-refractivity contribution in [3.8, 4) is 0 Å². The van der Waals surface area contributed by atoms with Crippen LogP contribution in [0.25, 0.3) is 0 Å². The summed E-state index contributed by atoms with van der Waals surface area (Å²) >= 11 is 0. The van der Waals surface area contributed by atoms with Gasteiger partial charge < -0.3 is 10.0 Å². The van der Waals surface area contributed by atoms with Gasteiger partial charge in [-0.2, -0.15) is 4.31 Å². The van der Waals surface area contributed by atoms with Crippen LogP contribution in [0.1, 0.15) is 32.1 Å². The number of nitro benzene ring substituents is 1. The van der Waals surface area contributed by atoms with Gasteiger partial charge in [0.05, 0.1) is 9.82 Å². The van der Waals surface area contributed by atoms with E-state index < -0.39 is 14.9 Å². The third-order valence-electron chi connectivity index (χ3n) is 5.21. The summed E-state index contributed by atoms with van der Waals surface area (Å²) < 4.78 is 27.0. The van der Waals surface area contributed by atoms with E-state index in [0.29, 0.717) is 31.9 Å². The van der Waals surface area contributed by atoms with Gasteiger partial charge in [0, 0.05) is 38.9 Å². The van der Waals surface area contributed by atoms with Crippen LogP contribution in [0.3, 0.4) is 0 Å². The molecule has 1 N–H and O–H groups in total. The summed E-state index contributed by atoms with van der Waals surface area (Å²) in [5.74, 6) is 0.0834. The van der Waals surface area contributed by atoms with Crippen LogP contribution in [-0.4, -0.2) is 55.5 Å². The molecule has 144 valence electrons. The molecule has 0 aromatic heterocycles. The van der Waals surface area contributed by atoms with Crippen LogP contribution in [0, 0.1) is 16.0 Å². The number of piperidine rings is 2. The summed E-state index contributed by atoms with van der Waals surface area (Å²) in [6.07, 6.45) is 4.37. The van der Waals surface area contributed by atoms with E-state index in [0.717, 1.165) is 32.1 Å². The van der Waals surface area contributed by atoms with Crippen LogP contribution >= 0.6 is 0 Å². The first-order chi connectivity index (χ1) is 12.4. The Labute approximate surface area is 153 Å². The smallest absolute Gasteiger partial charge is 0.293 e. The van der Waals surface area contributed by atoms with Gasteiger partial charge >= 0.3 is 0 Å². The molecule has 8 nitrogen and oxygen atoms in total. The first-order valence-corrected chi connectivity index (χ1v) is 10.5. The lowest BCUT2D eigenvalue weighted by Crippen LogP contribution is -2.37. The number of nitrogens with zero attached hydrogens (tertiary/aromatic N) is 3. The van der Waals surface area contributed by atoms with Gasteiger partial charge in [-0.15, -0.1) is 0 Å². The van der Waals surface area contributed by atoms with Gasteiger partial charge in [0.2, 0.25) is 10.0 Å². The number of hydrogen-bond acceptors (Lipinski definition) is 6. The Hall–Kier alpha value is -1.71. The standard InChI is InChI=1S/C17H25N3O5S/c21-13-14-5-4-8-18(12-14)16-7-6-15(11-17(16)20(22)23)26(24,25)19-9-2-1-3-10-19/h6-7,11,14,21H,1-5,8-10,12-13H2. The van der Waals surface area contributed by atoms with Crippen molar-refractivity contribution in [3.63, 3.8) is 0 Å². The molecule has 26 heavy (non-hydrogen) atoms. The second kappa shape index (κ2) is 7.89. The Balaban J connectivity index is 1.93. The summed E-state index contributed by atoms with van der Waals surface area (Å²) in [7, 11) is -3.71. The molecular formula is C17H25N3O5S. The lowest BCUT2D eigenvalue weighted by atomic mass is 9.98. The SMILES string of the molecule is O=[N+]([O-])c1cc(S(=O)(=O)N2CCCCC2)ccc1N1CCCC(CO)C1. The molecule has 2 aliphatic heterocycles. The molecule has 0 amide bonds. The van der Waals surface area contributed by atoms with Crippen molar-refractivity contribution in [2.75, 3.05) is 37.7 Å². The van der Waals surface area contributed by atoms with E-state index in [1.807, 2.05) is 4.90 Å². The van der Waals surface area contributed by atoms with E-state index in [-0.39, 0.29) is 23.1 Å². The molecule has 0 spiro atoms. The highest BCUT2D eigenvalue weighted by Gasteiger charge is 2.30. The summed E-state index contributed by atoms with van der Waals surface area (Å²) in [5.41, 5.74) is 0.229. The molecule has 1 aromatic rings. The first-order valence-electron chi connectivity index (χ1n) is 9.08. The predicted molar refractivity (Wildman–Crippen MR) is 97.7 cm³/mol. The zero-order chi connectivity index (χ0) is 18.7. The Morgan fingerprint density at radius 3 is 2.54 bits per heavy atom. The van der Waals surface area contributed by atoms with Gasteiger partial charge in [-0.1, -0.05) is 6.42 Å². The van der Waals surface area contributed by atoms with Crippen molar-refractivity contribution in [3.05, 3.63) is 28.3 Å². The topological polar surface area (TPSA) is 104 Å². The average Bonchev–Trinajstić information content (AvgIpc) is 2.68. The maximum Gasteiger partial charge on any atom is 0.293 e. The predicted octanol–water partition coefficient (Wildman–Crippen LogP) is 1.98. The highest BCUT2D eigenvalue weighted by molar-refractivity contribution is 7.89. The van der Waals surface area contributed by atoms with Crippen LogP contribution < -0.4 is 4.90 Å². The van der Waals surface area contributed by atoms with Gasteiger partial charge in [-0.3, -0.25) is 10.1 Å². The van der Waals surface area contributed by atoms with Gasteiger partial charge in [0.25, 0.3) is 5.69 Å². The largest absolute Gasteiger partial charge is 0.396 e. The number of benzene rings is 1. The van der Waals surface area contributed by atoms with Gasteiger partial charge in [-0.05, 0) is 43.7 Å². The summed E-state index contributed by atoms with van der Waals surface area (Å²) in [6.45, 7) is 2.17. The molecule has 2 heterocycles. The van der Waals surface area contributed by atoms with E-state index in [1.54, 1.807) is 0 Å². The molecule has 0 aliphatic carbocycles. The van der Waals surface area contributed by atoms with Crippen LogP contribution in [0.5, 0.6) is 0 Å². The number of aliphatic hydroxyl groups excluding tert-OH is 1. The van der Waals surface area contributed by atoms with Crippen molar-refractivity contribution in [1.29, 1.82) is 0 Å². The van der Waals surface area contributed by atoms with Crippen molar-refractivity contribution < 1.29 is 18.4 Å². The number of hydrogen-bond donors (Lipinski definition) is 1. The fourth-order valence-corrected chi connectivity index (χ4v) is 5.30. The maximum atomic E-state index is 12.8. The molecular weight excluding hydrogens is 358 g/mol. The lowest BCUT2D eigenvalue weighted by Gasteiger charge is -2.33. The van der Waals surface area contributed by atoms with Gasteiger partial charge in [0.15, 0.2) is 0 Å². The molecule has 2 fully saturated rings. The summed E-state index contributed by atoms with van der Waals surface area (Å²) in [6, 6.07) is 4.19. The van der Waals surface area contributed by atoms with E-state index in [4.69, 9.17) is 0 Å². The van der Waals surface area contributed by atoms with E-state index in [9.17, 15) is 23.6 Å². The number of aliphatic hydroxyl groups is 1. The van der Waals surface area contributed by atoms with Gasteiger partial charge in [-0.25, -0.2) is 8.42 Å². The van der Waals surface area contributed by atoms with Crippen molar-refractivity contribution in [2.45, 2.75) is 37.0 Å². The molecule has 0 bridgehead atoms.